The van der Waals surface area contributed by atoms with Crippen molar-refractivity contribution < 1.29 is 9.18 Å². The number of hydrogen-bond acceptors (Lipinski definition) is 2. The summed E-state index contributed by atoms with van der Waals surface area (Å²) >= 11 is 6.14. The van der Waals surface area contributed by atoms with Crippen LogP contribution in [0.15, 0.2) is 48.8 Å². The fourth-order valence-electron chi connectivity index (χ4n) is 3.02. The second-order valence-electron chi connectivity index (χ2n) is 5.75. The Balaban J connectivity index is 1.97. The van der Waals surface area contributed by atoms with E-state index in [4.69, 9.17) is 11.6 Å². The van der Waals surface area contributed by atoms with E-state index >= 15 is 0 Å². The first-order chi connectivity index (χ1) is 12.6. The van der Waals surface area contributed by atoms with Gasteiger partial charge in [0.2, 0.25) is 0 Å². The van der Waals surface area contributed by atoms with Crippen molar-refractivity contribution in [2.24, 2.45) is 0 Å². The molecule has 0 radical (unpaired) electrons. The van der Waals surface area contributed by atoms with E-state index in [2.05, 4.69) is 20.3 Å². The summed E-state index contributed by atoms with van der Waals surface area (Å²) in [6, 6.07) is 10.0. The Morgan fingerprint density at radius 1 is 1.23 bits per heavy atom. The number of carbonyl (C=O) groups excluding carboxylic acids is 1. The zero-order valence-corrected chi connectivity index (χ0v) is 14.5. The molecule has 4 rings (SSSR count). The lowest BCUT2D eigenvalue weighted by Crippen LogP contribution is -2.17. The number of H-pyrrole nitrogens is 2. The molecule has 1 aromatic carbocycles. The highest BCUT2D eigenvalue weighted by atomic mass is 35.5. The monoisotopic (exact) mass is 368 g/mol. The van der Waals surface area contributed by atoms with Gasteiger partial charge in [-0.25, -0.2) is 9.37 Å². The first kappa shape index (κ1) is 16.4. The van der Waals surface area contributed by atoms with Crippen LogP contribution in [-0.4, -0.2) is 27.9 Å². The first-order valence-electron chi connectivity index (χ1n) is 7.92. The van der Waals surface area contributed by atoms with E-state index < -0.39 is 5.82 Å². The van der Waals surface area contributed by atoms with Crippen LogP contribution in [0.25, 0.3) is 33.5 Å². The second-order valence-corrected chi connectivity index (χ2v) is 6.13. The maximum Gasteiger partial charge on any atom is 0.253 e. The Hall–Kier alpha value is -3.12. The molecule has 3 heterocycles. The maximum atomic E-state index is 13.9. The van der Waals surface area contributed by atoms with Crippen molar-refractivity contribution in [1.29, 1.82) is 0 Å². The predicted octanol–water partition coefficient (Wildman–Crippen LogP) is 4.38. The highest BCUT2D eigenvalue weighted by molar-refractivity contribution is 6.33. The van der Waals surface area contributed by atoms with Crippen LogP contribution >= 0.6 is 11.6 Å². The molecule has 0 fully saturated rings. The molecule has 0 saturated heterocycles. The van der Waals surface area contributed by atoms with Crippen LogP contribution in [0.1, 0.15) is 10.4 Å². The maximum absolute atomic E-state index is 13.9. The van der Waals surface area contributed by atoms with Crippen LogP contribution < -0.4 is 5.32 Å². The third-order valence-corrected chi connectivity index (χ3v) is 4.64. The molecule has 0 spiro atoms. The van der Waals surface area contributed by atoms with Gasteiger partial charge in [0.15, 0.2) is 0 Å². The van der Waals surface area contributed by atoms with Gasteiger partial charge in [0.05, 0.1) is 16.3 Å². The molecular weight excluding hydrogens is 355 g/mol. The summed E-state index contributed by atoms with van der Waals surface area (Å²) in [5, 5.41) is 3.48. The molecule has 0 saturated carbocycles. The average molecular weight is 369 g/mol. The molecule has 0 aliphatic rings. The third kappa shape index (κ3) is 2.55. The molecule has 3 N–H and O–H groups in total. The van der Waals surface area contributed by atoms with E-state index in [1.807, 2.05) is 12.1 Å². The fourth-order valence-corrected chi connectivity index (χ4v) is 3.24. The summed E-state index contributed by atoms with van der Waals surface area (Å²) in [6.07, 6.45) is 3.48. The molecule has 0 unspecified atom stereocenters. The Labute approximate surface area is 153 Å². The lowest BCUT2D eigenvalue weighted by Gasteiger charge is -2.06. The van der Waals surface area contributed by atoms with E-state index in [1.54, 1.807) is 37.6 Å². The van der Waals surface area contributed by atoms with Gasteiger partial charge >= 0.3 is 0 Å². The number of fused-ring (bicyclic) bond motifs is 1. The van der Waals surface area contributed by atoms with Crippen LogP contribution in [-0.2, 0) is 0 Å². The van der Waals surface area contributed by atoms with Crippen LogP contribution in [0, 0.1) is 5.82 Å². The number of amides is 1. The van der Waals surface area contributed by atoms with E-state index in [0.717, 1.165) is 16.6 Å². The van der Waals surface area contributed by atoms with Gasteiger partial charge < -0.3 is 15.3 Å². The molecule has 4 aromatic rings. The summed E-state index contributed by atoms with van der Waals surface area (Å²) in [7, 11) is 1.54. The van der Waals surface area contributed by atoms with Crippen molar-refractivity contribution in [3.8, 4) is 22.5 Å². The standard InChI is InChI=1S/C19H14ClFN4O/c1-22-19(26)13-9-15(10-5-7-23-18-11(10)6-8-24-18)25-17(13)12-3-2-4-14(21)16(12)20/h2-9,25H,1H3,(H,22,26)(H,23,24). The topological polar surface area (TPSA) is 73.6 Å². The molecule has 0 aliphatic carbocycles. The summed E-state index contributed by atoms with van der Waals surface area (Å²) in [5.41, 5.74) is 3.60. The lowest BCUT2D eigenvalue weighted by molar-refractivity contribution is 0.0964. The number of nitrogens with one attached hydrogen (secondary N) is 3. The number of hydrogen-bond donors (Lipinski definition) is 3. The Kier molecular flexibility index (Phi) is 3.97. The van der Waals surface area contributed by atoms with Gasteiger partial charge in [0.1, 0.15) is 11.5 Å². The third-order valence-electron chi connectivity index (χ3n) is 4.26. The highest BCUT2D eigenvalue weighted by Crippen LogP contribution is 2.36. The van der Waals surface area contributed by atoms with Crippen LogP contribution in [0.3, 0.4) is 0 Å². The number of rotatable bonds is 3. The van der Waals surface area contributed by atoms with E-state index in [-0.39, 0.29) is 10.9 Å². The van der Waals surface area contributed by atoms with Gasteiger partial charge in [-0.3, -0.25) is 4.79 Å². The number of aromatic amines is 2. The average Bonchev–Trinajstić information content (AvgIpc) is 3.30. The molecule has 0 aliphatic heterocycles. The zero-order valence-electron chi connectivity index (χ0n) is 13.7. The summed E-state index contributed by atoms with van der Waals surface area (Å²) in [4.78, 5) is 22.9. The molecule has 5 nitrogen and oxygen atoms in total. The van der Waals surface area contributed by atoms with Gasteiger partial charge in [0.25, 0.3) is 5.91 Å². The molecule has 130 valence electrons. The smallest absolute Gasteiger partial charge is 0.253 e. The van der Waals surface area contributed by atoms with E-state index in [9.17, 15) is 9.18 Å². The van der Waals surface area contributed by atoms with Crippen molar-refractivity contribution in [2.45, 2.75) is 0 Å². The van der Waals surface area contributed by atoms with Crippen molar-refractivity contribution in [3.05, 3.63) is 65.2 Å². The van der Waals surface area contributed by atoms with Gasteiger partial charge in [-0.2, -0.15) is 0 Å². The number of nitrogens with zero attached hydrogens (tertiary/aromatic N) is 1. The molecule has 26 heavy (non-hydrogen) atoms. The van der Waals surface area contributed by atoms with Gasteiger partial charge in [-0.1, -0.05) is 23.7 Å². The number of aromatic nitrogens is 3. The summed E-state index contributed by atoms with van der Waals surface area (Å²) < 4.78 is 13.9. The highest BCUT2D eigenvalue weighted by Gasteiger charge is 2.20. The van der Waals surface area contributed by atoms with Crippen LogP contribution in [0.4, 0.5) is 4.39 Å². The predicted molar refractivity (Wildman–Crippen MR) is 99.7 cm³/mol. The Morgan fingerprint density at radius 3 is 2.88 bits per heavy atom. The molecule has 3 aromatic heterocycles. The largest absolute Gasteiger partial charge is 0.355 e. The Morgan fingerprint density at radius 2 is 2.08 bits per heavy atom. The first-order valence-corrected chi connectivity index (χ1v) is 8.30. The van der Waals surface area contributed by atoms with Crippen molar-refractivity contribution in [2.75, 3.05) is 7.05 Å². The zero-order chi connectivity index (χ0) is 18.3. The van der Waals surface area contributed by atoms with Gasteiger partial charge in [-0.15, -0.1) is 0 Å². The van der Waals surface area contributed by atoms with Crippen LogP contribution in [0.5, 0.6) is 0 Å². The van der Waals surface area contributed by atoms with Crippen molar-refractivity contribution in [3.63, 3.8) is 0 Å². The van der Waals surface area contributed by atoms with E-state index in [0.29, 0.717) is 22.5 Å². The number of carbonyl (C=O) groups is 1. The van der Waals surface area contributed by atoms with Crippen molar-refractivity contribution in [1.82, 2.24) is 20.3 Å². The number of benzene rings is 1. The SMILES string of the molecule is CNC(=O)c1cc(-c2ccnc3[nH]ccc23)[nH]c1-c1cccc(F)c1Cl. The summed E-state index contributed by atoms with van der Waals surface area (Å²) in [5.74, 6) is -0.831. The minimum absolute atomic E-state index is 0.0347. The lowest BCUT2D eigenvalue weighted by atomic mass is 10.1. The number of pyridine rings is 1. The second kappa shape index (κ2) is 6.31. The molecule has 0 bridgehead atoms. The number of halogens is 2. The molecule has 0 atom stereocenters. The summed E-state index contributed by atoms with van der Waals surface area (Å²) in [6.45, 7) is 0. The Bertz CT molecular complexity index is 1130. The van der Waals surface area contributed by atoms with Gasteiger partial charge in [0, 0.05) is 41.6 Å². The quantitative estimate of drug-likeness (QED) is 0.502. The van der Waals surface area contributed by atoms with E-state index in [1.165, 1.54) is 6.07 Å². The minimum atomic E-state index is -0.542. The van der Waals surface area contributed by atoms with Crippen molar-refractivity contribution >= 4 is 28.5 Å². The normalized spacial score (nSPS) is 11.0. The molecule has 7 heteroatoms. The fraction of sp³-hybridized carbons (Fsp3) is 0.0526. The molecule has 1 amide bonds. The molecular formula is C19H14ClFN4O. The van der Waals surface area contributed by atoms with Gasteiger partial charge in [-0.05, 0) is 24.3 Å². The van der Waals surface area contributed by atoms with Crippen LogP contribution in [0.2, 0.25) is 5.02 Å². The minimum Gasteiger partial charge on any atom is -0.355 e.